The van der Waals surface area contributed by atoms with Gasteiger partial charge in [0.2, 0.25) is 0 Å². The molecule has 104 valence electrons. The lowest BCUT2D eigenvalue weighted by Gasteiger charge is -2.17. The maximum absolute atomic E-state index is 11.5. The second kappa shape index (κ2) is 6.04. The van der Waals surface area contributed by atoms with Crippen LogP contribution in [0, 0.1) is 0 Å². The number of carbonyl (C=O) groups excluding carboxylic acids is 1. The molecule has 1 aromatic carbocycles. The molecule has 1 heterocycles. The van der Waals surface area contributed by atoms with Crippen molar-refractivity contribution in [2.45, 2.75) is 32.3 Å². The molecule has 0 aliphatic carbocycles. The van der Waals surface area contributed by atoms with E-state index in [1.165, 1.54) is 0 Å². The fourth-order valence-electron chi connectivity index (χ4n) is 1.83. The summed E-state index contributed by atoms with van der Waals surface area (Å²) >= 11 is 0. The fourth-order valence-corrected chi connectivity index (χ4v) is 1.83. The SMILES string of the molecule is CC1(C)OC[C@H](CNC(=O)OCc2ccccc2)O1. The smallest absolute Gasteiger partial charge is 0.407 e. The van der Waals surface area contributed by atoms with Gasteiger partial charge in [-0.1, -0.05) is 30.3 Å². The lowest BCUT2D eigenvalue weighted by molar-refractivity contribution is -0.137. The lowest BCUT2D eigenvalue weighted by atomic mass is 10.2. The summed E-state index contributed by atoms with van der Waals surface area (Å²) in [6.07, 6.45) is -0.573. The molecule has 1 saturated heterocycles. The van der Waals surface area contributed by atoms with Crippen molar-refractivity contribution < 1.29 is 19.0 Å². The molecule has 1 atom stereocenters. The molecular weight excluding hydrogens is 246 g/mol. The summed E-state index contributed by atoms with van der Waals surface area (Å²) in [5.74, 6) is -0.569. The van der Waals surface area contributed by atoms with Crippen molar-refractivity contribution in [1.82, 2.24) is 5.32 Å². The van der Waals surface area contributed by atoms with E-state index in [0.717, 1.165) is 5.56 Å². The topological polar surface area (TPSA) is 56.8 Å². The van der Waals surface area contributed by atoms with Crippen LogP contribution in [-0.4, -0.2) is 31.1 Å². The Hall–Kier alpha value is -1.59. The minimum Gasteiger partial charge on any atom is -0.445 e. The van der Waals surface area contributed by atoms with Crippen LogP contribution in [0.3, 0.4) is 0 Å². The third-order valence-corrected chi connectivity index (χ3v) is 2.75. The van der Waals surface area contributed by atoms with Crippen LogP contribution in [-0.2, 0) is 20.8 Å². The maximum atomic E-state index is 11.5. The van der Waals surface area contributed by atoms with Gasteiger partial charge < -0.3 is 19.5 Å². The molecule has 1 aliphatic rings. The van der Waals surface area contributed by atoms with Gasteiger partial charge in [-0.05, 0) is 19.4 Å². The molecular formula is C14H19NO4. The van der Waals surface area contributed by atoms with E-state index in [9.17, 15) is 4.79 Å². The zero-order chi connectivity index (χ0) is 13.7. The van der Waals surface area contributed by atoms with E-state index in [2.05, 4.69) is 5.32 Å². The van der Waals surface area contributed by atoms with E-state index in [1.54, 1.807) is 0 Å². The number of alkyl carbamates (subject to hydrolysis) is 1. The molecule has 2 rings (SSSR count). The molecule has 0 radical (unpaired) electrons. The van der Waals surface area contributed by atoms with E-state index >= 15 is 0 Å². The first-order valence-corrected chi connectivity index (χ1v) is 6.31. The number of ether oxygens (including phenoxy) is 3. The molecule has 5 nitrogen and oxygen atoms in total. The van der Waals surface area contributed by atoms with E-state index in [0.29, 0.717) is 13.2 Å². The molecule has 0 saturated carbocycles. The quantitative estimate of drug-likeness (QED) is 0.905. The Morgan fingerprint density at radius 1 is 1.42 bits per heavy atom. The number of hydrogen-bond donors (Lipinski definition) is 1. The van der Waals surface area contributed by atoms with Crippen molar-refractivity contribution >= 4 is 6.09 Å². The van der Waals surface area contributed by atoms with Crippen molar-refractivity contribution in [3.8, 4) is 0 Å². The molecule has 0 unspecified atom stereocenters. The zero-order valence-corrected chi connectivity index (χ0v) is 11.2. The number of nitrogens with one attached hydrogen (secondary N) is 1. The fraction of sp³-hybridized carbons (Fsp3) is 0.500. The average molecular weight is 265 g/mol. The second-order valence-electron chi connectivity index (χ2n) is 4.89. The van der Waals surface area contributed by atoms with E-state index in [1.807, 2.05) is 44.2 Å². The van der Waals surface area contributed by atoms with Crippen LogP contribution in [0.2, 0.25) is 0 Å². The predicted molar refractivity (Wildman–Crippen MR) is 69.5 cm³/mol. The van der Waals surface area contributed by atoms with E-state index in [-0.39, 0.29) is 12.7 Å². The van der Waals surface area contributed by atoms with Gasteiger partial charge in [-0.15, -0.1) is 0 Å². The zero-order valence-electron chi connectivity index (χ0n) is 11.2. The van der Waals surface area contributed by atoms with Crippen molar-refractivity contribution in [3.63, 3.8) is 0 Å². The highest BCUT2D eigenvalue weighted by Crippen LogP contribution is 2.21. The summed E-state index contributed by atoms with van der Waals surface area (Å²) < 4.78 is 16.1. The third-order valence-electron chi connectivity index (χ3n) is 2.75. The van der Waals surface area contributed by atoms with Crippen LogP contribution < -0.4 is 5.32 Å². The second-order valence-corrected chi connectivity index (χ2v) is 4.89. The number of hydrogen-bond acceptors (Lipinski definition) is 4. The summed E-state index contributed by atoms with van der Waals surface area (Å²) in [7, 11) is 0. The van der Waals surface area contributed by atoms with Gasteiger partial charge in [0.05, 0.1) is 6.61 Å². The monoisotopic (exact) mass is 265 g/mol. The maximum Gasteiger partial charge on any atom is 0.407 e. The molecule has 0 aromatic heterocycles. The minimum absolute atomic E-state index is 0.126. The molecule has 1 aliphatic heterocycles. The summed E-state index contributed by atoms with van der Waals surface area (Å²) in [6, 6.07) is 9.54. The first-order valence-electron chi connectivity index (χ1n) is 6.31. The molecule has 1 aromatic rings. The first kappa shape index (κ1) is 13.8. The van der Waals surface area contributed by atoms with Gasteiger partial charge >= 0.3 is 6.09 Å². The molecule has 1 N–H and O–H groups in total. The molecule has 0 spiro atoms. The van der Waals surface area contributed by atoms with E-state index in [4.69, 9.17) is 14.2 Å². The highest BCUT2D eigenvalue weighted by atomic mass is 16.7. The molecule has 0 bridgehead atoms. The van der Waals surface area contributed by atoms with Crippen molar-refractivity contribution in [2.75, 3.05) is 13.2 Å². The Kier molecular flexibility index (Phi) is 4.39. The Bertz CT molecular complexity index is 419. The van der Waals surface area contributed by atoms with E-state index < -0.39 is 11.9 Å². The largest absolute Gasteiger partial charge is 0.445 e. The normalized spacial score (nSPS) is 21.1. The molecule has 1 amide bonds. The highest BCUT2D eigenvalue weighted by Gasteiger charge is 2.32. The van der Waals surface area contributed by atoms with Crippen molar-refractivity contribution in [2.24, 2.45) is 0 Å². The molecule has 19 heavy (non-hydrogen) atoms. The summed E-state index contributed by atoms with van der Waals surface area (Å²) in [5.41, 5.74) is 0.958. The molecule has 1 fully saturated rings. The van der Waals surface area contributed by atoms with Gasteiger partial charge in [0.25, 0.3) is 0 Å². The number of benzene rings is 1. The van der Waals surface area contributed by atoms with Gasteiger partial charge in [-0.3, -0.25) is 0 Å². The van der Waals surface area contributed by atoms with Crippen LogP contribution in [0.25, 0.3) is 0 Å². The summed E-state index contributed by atoms with van der Waals surface area (Å²) in [4.78, 5) is 11.5. The van der Waals surface area contributed by atoms with Gasteiger partial charge in [-0.2, -0.15) is 0 Å². The van der Waals surface area contributed by atoms with Gasteiger partial charge in [0.1, 0.15) is 12.7 Å². The standard InChI is InChI=1S/C14H19NO4/c1-14(2)18-10-12(19-14)8-15-13(16)17-9-11-6-4-3-5-7-11/h3-7,12H,8-10H2,1-2H3,(H,15,16)/t12-/m0/s1. The predicted octanol–water partition coefficient (Wildman–Crippen LogP) is 2.06. The minimum atomic E-state index is -0.569. The third kappa shape index (κ3) is 4.54. The van der Waals surface area contributed by atoms with Crippen LogP contribution in [0.15, 0.2) is 30.3 Å². The van der Waals surface area contributed by atoms with Gasteiger partial charge in [0.15, 0.2) is 5.79 Å². The average Bonchev–Trinajstić information content (AvgIpc) is 2.75. The Morgan fingerprint density at radius 3 is 2.79 bits per heavy atom. The summed E-state index contributed by atoms with van der Waals surface area (Å²) in [6.45, 7) is 4.82. The Labute approximate surface area is 112 Å². The Morgan fingerprint density at radius 2 is 2.16 bits per heavy atom. The number of carbonyl (C=O) groups is 1. The van der Waals surface area contributed by atoms with Crippen LogP contribution in [0.5, 0.6) is 0 Å². The van der Waals surface area contributed by atoms with Crippen LogP contribution >= 0.6 is 0 Å². The Balaban J connectivity index is 1.65. The summed E-state index contributed by atoms with van der Waals surface area (Å²) in [5, 5.41) is 2.67. The lowest BCUT2D eigenvalue weighted by Crippen LogP contribution is -2.34. The number of rotatable bonds is 4. The first-order chi connectivity index (χ1) is 9.05. The van der Waals surface area contributed by atoms with Crippen LogP contribution in [0.4, 0.5) is 4.79 Å². The molecule has 5 heteroatoms. The van der Waals surface area contributed by atoms with Gasteiger partial charge in [0, 0.05) is 6.54 Å². The van der Waals surface area contributed by atoms with Crippen LogP contribution in [0.1, 0.15) is 19.4 Å². The highest BCUT2D eigenvalue weighted by molar-refractivity contribution is 5.67. The van der Waals surface area contributed by atoms with Crippen molar-refractivity contribution in [3.05, 3.63) is 35.9 Å². The van der Waals surface area contributed by atoms with Gasteiger partial charge in [-0.25, -0.2) is 4.79 Å². The number of amides is 1. The van der Waals surface area contributed by atoms with Crippen molar-refractivity contribution in [1.29, 1.82) is 0 Å².